The molecule has 0 atom stereocenters. The molecular formula is I6U. The van der Waals surface area contributed by atoms with E-state index >= 15 is 0 Å². The first-order valence-corrected chi connectivity index (χ1v) is 70.9. The maximum absolute atomic E-state index is 2.63. The molecule has 0 aliphatic heterocycles. The van der Waals surface area contributed by atoms with Crippen LogP contribution in [-0.4, -0.2) is 0 Å². The van der Waals surface area contributed by atoms with E-state index in [-0.39, 0.29) is 0 Å². The van der Waals surface area contributed by atoms with Gasteiger partial charge in [-0.15, -0.1) is 0 Å². The van der Waals surface area contributed by atoms with Gasteiger partial charge in [-0.05, 0) is 0 Å². The zero-order chi connectivity index (χ0) is 6.41. The second kappa shape index (κ2) is 2.98. The van der Waals surface area contributed by atoms with Crippen LogP contribution in [0.3, 0.4) is 0 Å². The van der Waals surface area contributed by atoms with E-state index in [0.717, 1.165) is 0 Å². The van der Waals surface area contributed by atoms with Crippen molar-refractivity contribution in [2.75, 3.05) is 0 Å². The van der Waals surface area contributed by atoms with Crippen LogP contribution in [-0.2, 0) is 0 Å². The molecule has 0 spiro atoms. The SMILES string of the molecule is [I][U]([I])([I])([I])([I])[I]. The fourth-order valence-electron chi connectivity index (χ4n) is 0. The van der Waals surface area contributed by atoms with Gasteiger partial charge >= 0.3 is 93.7 Å². The number of hydrogen-bond acceptors (Lipinski definition) is 0. The van der Waals surface area contributed by atoms with E-state index in [1.54, 1.807) is 0 Å². The summed E-state index contributed by atoms with van der Waals surface area (Å²) in [4.78, 5) is 0. The average Bonchev–Trinajstić information content (AvgIpc) is 0.592. The van der Waals surface area contributed by atoms with Crippen molar-refractivity contribution < 1.29 is -6.87 Å². The van der Waals surface area contributed by atoms with E-state index in [4.69, 9.17) is 0 Å². The molecule has 7 heteroatoms. The van der Waals surface area contributed by atoms with Gasteiger partial charge in [0.1, 0.15) is 0 Å². The number of rotatable bonds is 0. The van der Waals surface area contributed by atoms with Crippen LogP contribution in [0.5, 0.6) is 0 Å². The molecule has 0 rings (SSSR count). The summed E-state index contributed by atoms with van der Waals surface area (Å²) in [5.74, 6) is 0. The standard InChI is InChI=1S/6HI.U/h6*1H;/q;;;;;;+6/p-6. The average molecular weight is 999 g/mol. The fraction of sp³-hybridized carbons (Fsp3) is 0. The number of halogens is 6. The van der Waals surface area contributed by atoms with Crippen LogP contribution in [0.25, 0.3) is 0 Å². The van der Waals surface area contributed by atoms with Crippen molar-refractivity contribution in [2.24, 2.45) is 0 Å². The summed E-state index contributed by atoms with van der Waals surface area (Å²) in [6, 6.07) is 0. The quantitative estimate of drug-likeness (QED) is 0.289. The third-order valence-corrected chi connectivity index (χ3v) is 0. The Morgan fingerprint density at radius 1 is 0.571 bits per heavy atom. The summed E-state index contributed by atoms with van der Waals surface area (Å²) < 4.78 is -2.63. The molecular weight excluding hydrogens is 999 g/mol. The van der Waals surface area contributed by atoms with Crippen LogP contribution in [0.15, 0.2) is 0 Å². The maximum atomic E-state index is 2.59. The van der Waals surface area contributed by atoms with Crippen molar-refractivity contribution in [3.8, 4) is 0 Å². The van der Waals surface area contributed by atoms with E-state index in [2.05, 4.69) is 101 Å². The van der Waals surface area contributed by atoms with Gasteiger partial charge in [-0.25, -0.2) is 0 Å². The Morgan fingerprint density at radius 2 is 0.571 bits per heavy atom. The minimum absolute atomic E-state index is 2.59. The Bertz CT molecular complexity index is 62.7. The van der Waals surface area contributed by atoms with Gasteiger partial charge in [0.05, 0.1) is 0 Å². The Morgan fingerprint density at radius 3 is 0.571 bits per heavy atom. The molecule has 0 unspecified atom stereocenters. The summed E-state index contributed by atoms with van der Waals surface area (Å²) in [7, 11) is 0. The van der Waals surface area contributed by atoms with Gasteiger partial charge in [0.15, 0.2) is 0 Å². The van der Waals surface area contributed by atoms with Gasteiger partial charge in [0.25, 0.3) is 0 Å². The Balaban J connectivity index is 4.43. The molecule has 0 aromatic heterocycles. The minimum atomic E-state index is -2.63. The van der Waals surface area contributed by atoms with Crippen LogP contribution in [0.1, 0.15) is 0 Å². The van der Waals surface area contributed by atoms with Crippen LogP contribution in [0.4, 0.5) is 0 Å². The predicted molar refractivity (Wildman–Crippen MR) is 84.1 cm³/mol. The van der Waals surface area contributed by atoms with E-state index in [9.17, 15) is 0 Å². The van der Waals surface area contributed by atoms with Gasteiger partial charge in [0.2, 0.25) is 0 Å². The molecule has 7 heavy (non-hydrogen) atoms. The zero-order valence-corrected chi connectivity index (χ0v) is 19.9. The summed E-state index contributed by atoms with van der Waals surface area (Å²) in [6.45, 7) is 0. The monoisotopic (exact) mass is 999 g/mol. The molecule has 0 aromatic carbocycles. The molecule has 0 radical (unpaired) electrons. The van der Waals surface area contributed by atoms with E-state index in [1.807, 2.05) is 0 Å². The molecule has 0 saturated heterocycles. The summed E-state index contributed by atoms with van der Waals surface area (Å²) in [6.07, 6.45) is 0. The van der Waals surface area contributed by atoms with Crippen molar-refractivity contribution in [3.63, 3.8) is 0 Å². The molecule has 0 fully saturated rings. The number of hydrogen-bond donors (Lipinski definition) is 0. The Labute approximate surface area is 88.9 Å². The molecule has 0 heterocycles. The summed E-state index contributed by atoms with van der Waals surface area (Å²) in [5.41, 5.74) is 0. The van der Waals surface area contributed by atoms with Gasteiger partial charge in [-0.3, -0.25) is 0 Å². The summed E-state index contributed by atoms with van der Waals surface area (Å²) >= 11 is 15.6. The van der Waals surface area contributed by atoms with Gasteiger partial charge in [0, 0.05) is 0 Å². The second-order valence-corrected chi connectivity index (χ2v) is 450. The molecule has 0 aliphatic rings. The summed E-state index contributed by atoms with van der Waals surface area (Å²) in [5, 5.41) is 0. The molecule has 0 bridgehead atoms. The van der Waals surface area contributed by atoms with E-state index in [1.165, 1.54) is 0 Å². The van der Waals surface area contributed by atoms with Crippen molar-refractivity contribution in [2.45, 2.75) is 0 Å². The normalized spacial score (nSPS) is 23.1. The molecule has 0 saturated carbocycles. The molecule has 0 nitrogen and oxygen atoms in total. The van der Waals surface area contributed by atoms with Crippen LogP contribution >= 0.6 is 101 Å². The van der Waals surface area contributed by atoms with Gasteiger partial charge < -0.3 is 0 Å². The molecule has 46 valence electrons. The fourth-order valence-corrected chi connectivity index (χ4v) is 0. The predicted octanol–water partition coefficient (Wildman–Crippen LogP) is 5.31. The first-order chi connectivity index (χ1) is 2.45. The molecule has 0 amide bonds. The molecule has 0 aliphatic carbocycles. The topological polar surface area (TPSA) is 0 Å². The van der Waals surface area contributed by atoms with E-state index in [0.29, 0.717) is 0 Å². The Hall–Kier alpha value is 5.43. The molecule has 0 N–H and O–H groups in total. The van der Waals surface area contributed by atoms with Gasteiger partial charge in [-0.1, -0.05) is 0 Å². The van der Waals surface area contributed by atoms with Crippen molar-refractivity contribution in [1.82, 2.24) is 0 Å². The first-order valence-electron chi connectivity index (χ1n) is 1.13. The molecule has 0 aromatic rings. The first kappa shape index (κ1) is 12.4. The third-order valence-electron chi connectivity index (χ3n) is 0. The Kier molecular flexibility index (Phi) is 5.29. The van der Waals surface area contributed by atoms with Gasteiger partial charge in [-0.2, -0.15) is 0 Å². The van der Waals surface area contributed by atoms with Crippen molar-refractivity contribution in [3.05, 3.63) is 0 Å². The van der Waals surface area contributed by atoms with Crippen molar-refractivity contribution in [1.29, 1.82) is 0 Å². The van der Waals surface area contributed by atoms with Crippen LogP contribution in [0.2, 0.25) is 0 Å². The third kappa shape index (κ3) is 34.5. The van der Waals surface area contributed by atoms with Crippen LogP contribution < -0.4 is 0 Å². The van der Waals surface area contributed by atoms with E-state index < -0.39 is -6.87 Å². The van der Waals surface area contributed by atoms with Crippen LogP contribution in [0, 0.1) is -6.87 Å². The second-order valence-electron chi connectivity index (χ2n) is 1.07. The van der Waals surface area contributed by atoms with Crippen molar-refractivity contribution >= 4 is 101 Å². The zero-order valence-electron chi connectivity index (χ0n) is 2.77.